The highest BCUT2D eigenvalue weighted by molar-refractivity contribution is 8.00. The van der Waals surface area contributed by atoms with Crippen LogP contribution in [0.3, 0.4) is 0 Å². The zero-order valence-electron chi connectivity index (χ0n) is 10.3. The quantitative estimate of drug-likeness (QED) is 0.840. The molecule has 0 radical (unpaired) electrons. The molecule has 0 spiro atoms. The highest BCUT2D eigenvalue weighted by Gasteiger charge is 2.07. The second-order valence-electron chi connectivity index (χ2n) is 3.88. The zero-order chi connectivity index (χ0) is 14.5. The number of nitrogens with zero attached hydrogens (tertiary/aromatic N) is 1. The Labute approximate surface area is 130 Å². The molecule has 0 aliphatic carbocycles. The number of nitrogens with two attached hydrogens (primary N) is 1. The van der Waals surface area contributed by atoms with E-state index in [1.165, 1.54) is 11.8 Å². The first-order valence-electron chi connectivity index (χ1n) is 5.64. The van der Waals surface area contributed by atoms with Crippen LogP contribution in [-0.2, 0) is 4.79 Å². The van der Waals surface area contributed by atoms with Crippen molar-refractivity contribution in [3.8, 4) is 0 Å². The molecule has 0 atom stereocenters. The van der Waals surface area contributed by atoms with E-state index in [-0.39, 0.29) is 11.7 Å². The Hall–Kier alpha value is -1.43. The van der Waals surface area contributed by atoms with Crippen molar-refractivity contribution in [3.05, 3.63) is 46.6 Å². The molecule has 0 aliphatic heterocycles. The van der Waals surface area contributed by atoms with Crippen LogP contribution in [0.5, 0.6) is 0 Å². The van der Waals surface area contributed by atoms with Gasteiger partial charge >= 0.3 is 0 Å². The summed E-state index contributed by atoms with van der Waals surface area (Å²) in [5, 5.41) is 3.67. The van der Waals surface area contributed by atoms with Gasteiger partial charge in [0.05, 0.1) is 16.5 Å². The molecule has 2 rings (SSSR count). The number of benzene rings is 1. The number of anilines is 2. The summed E-state index contributed by atoms with van der Waals surface area (Å²) in [6.45, 7) is 0. The molecule has 7 heteroatoms. The molecule has 104 valence electrons. The van der Waals surface area contributed by atoms with Crippen LogP contribution in [0, 0.1) is 0 Å². The van der Waals surface area contributed by atoms with Gasteiger partial charge in [-0.1, -0.05) is 23.2 Å². The van der Waals surface area contributed by atoms with Gasteiger partial charge in [-0.05, 0) is 30.3 Å². The highest BCUT2D eigenvalue weighted by Crippen LogP contribution is 2.26. The van der Waals surface area contributed by atoms with Crippen molar-refractivity contribution in [1.29, 1.82) is 0 Å². The van der Waals surface area contributed by atoms with E-state index in [1.807, 2.05) is 6.07 Å². The maximum Gasteiger partial charge on any atom is 0.234 e. The van der Waals surface area contributed by atoms with Crippen molar-refractivity contribution in [1.82, 2.24) is 4.98 Å². The number of hydrogen-bond acceptors (Lipinski definition) is 4. The third kappa shape index (κ3) is 4.30. The molecular formula is C13H11Cl2N3OS. The molecule has 3 N–H and O–H groups in total. The number of halogens is 2. The van der Waals surface area contributed by atoms with E-state index < -0.39 is 0 Å². The van der Waals surface area contributed by atoms with Crippen LogP contribution in [0.25, 0.3) is 0 Å². The molecule has 0 aliphatic rings. The molecule has 4 nitrogen and oxygen atoms in total. The predicted octanol–water partition coefficient (Wildman–Crippen LogP) is 3.70. The number of rotatable bonds is 4. The van der Waals surface area contributed by atoms with E-state index in [2.05, 4.69) is 10.3 Å². The summed E-state index contributed by atoms with van der Waals surface area (Å²) in [7, 11) is 0. The lowest BCUT2D eigenvalue weighted by Crippen LogP contribution is -2.14. The highest BCUT2D eigenvalue weighted by atomic mass is 35.5. The number of nitrogen functional groups attached to an aromatic ring is 1. The number of pyridine rings is 1. The van der Waals surface area contributed by atoms with E-state index in [1.54, 1.807) is 30.5 Å². The maximum atomic E-state index is 11.8. The van der Waals surface area contributed by atoms with Crippen molar-refractivity contribution >= 4 is 52.4 Å². The maximum absolute atomic E-state index is 11.8. The molecule has 20 heavy (non-hydrogen) atoms. The van der Waals surface area contributed by atoms with Gasteiger partial charge in [-0.2, -0.15) is 0 Å². The average molecular weight is 328 g/mol. The first kappa shape index (κ1) is 15.0. The monoisotopic (exact) mass is 327 g/mol. The normalized spacial score (nSPS) is 10.3. The lowest BCUT2D eigenvalue weighted by Gasteiger charge is -2.07. The fourth-order valence-electron chi connectivity index (χ4n) is 1.41. The van der Waals surface area contributed by atoms with Gasteiger partial charge in [-0.15, -0.1) is 11.8 Å². The fourth-order valence-corrected chi connectivity index (χ4v) is 2.40. The van der Waals surface area contributed by atoms with Gasteiger partial charge in [0.1, 0.15) is 5.82 Å². The molecule has 0 saturated heterocycles. The Morgan fingerprint density at radius 3 is 2.80 bits per heavy atom. The molecule has 2 aromatic rings. The van der Waals surface area contributed by atoms with Gasteiger partial charge < -0.3 is 11.1 Å². The number of amides is 1. The van der Waals surface area contributed by atoms with Gasteiger partial charge in [0.15, 0.2) is 0 Å². The number of carbonyl (C=O) groups is 1. The van der Waals surface area contributed by atoms with Crippen molar-refractivity contribution in [2.45, 2.75) is 4.90 Å². The van der Waals surface area contributed by atoms with Gasteiger partial charge in [-0.25, -0.2) is 4.98 Å². The Morgan fingerprint density at radius 1 is 1.30 bits per heavy atom. The van der Waals surface area contributed by atoms with Crippen molar-refractivity contribution in [2.75, 3.05) is 16.8 Å². The number of aromatic nitrogens is 1. The number of hydrogen-bond donors (Lipinski definition) is 2. The molecule has 1 aromatic heterocycles. The zero-order valence-corrected chi connectivity index (χ0v) is 12.6. The van der Waals surface area contributed by atoms with E-state index in [9.17, 15) is 4.79 Å². The van der Waals surface area contributed by atoms with Gasteiger partial charge in [0.2, 0.25) is 5.91 Å². The SMILES string of the molecule is Nc1ccc(SCC(=O)Nc2cc(Cl)ccc2Cl)cn1. The molecule has 0 fully saturated rings. The van der Waals surface area contributed by atoms with E-state index >= 15 is 0 Å². The summed E-state index contributed by atoms with van der Waals surface area (Å²) < 4.78 is 0. The average Bonchev–Trinajstić information content (AvgIpc) is 2.42. The molecular weight excluding hydrogens is 317 g/mol. The minimum atomic E-state index is -0.170. The first-order valence-corrected chi connectivity index (χ1v) is 7.38. The summed E-state index contributed by atoms with van der Waals surface area (Å²) >= 11 is 13.2. The van der Waals surface area contributed by atoms with E-state index in [4.69, 9.17) is 28.9 Å². The second kappa shape index (κ2) is 6.83. The van der Waals surface area contributed by atoms with Gasteiger partial charge in [-0.3, -0.25) is 4.79 Å². The molecule has 0 unspecified atom stereocenters. The number of carbonyl (C=O) groups excluding carboxylic acids is 1. The summed E-state index contributed by atoms with van der Waals surface area (Å²) in [4.78, 5) is 16.7. The lowest BCUT2D eigenvalue weighted by molar-refractivity contribution is -0.113. The van der Waals surface area contributed by atoms with Crippen LogP contribution in [-0.4, -0.2) is 16.6 Å². The molecule has 1 amide bonds. The largest absolute Gasteiger partial charge is 0.384 e. The minimum Gasteiger partial charge on any atom is -0.384 e. The summed E-state index contributed by atoms with van der Waals surface area (Å²) in [6.07, 6.45) is 1.62. The van der Waals surface area contributed by atoms with Crippen LogP contribution in [0.15, 0.2) is 41.4 Å². The van der Waals surface area contributed by atoms with Crippen LogP contribution in [0.2, 0.25) is 10.0 Å². The fraction of sp³-hybridized carbons (Fsp3) is 0.0769. The van der Waals surface area contributed by atoms with Crippen LogP contribution < -0.4 is 11.1 Å². The molecule has 0 saturated carbocycles. The summed E-state index contributed by atoms with van der Waals surface area (Å²) in [5.74, 6) is 0.523. The number of nitrogens with one attached hydrogen (secondary N) is 1. The van der Waals surface area contributed by atoms with E-state index in [0.29, 0.717) is 21.6 Å². The minimum absolute atomic E-state index is 0.170. The van der Waals surface area contributed by atoms with Crippen LogP contribution in [0.1, 0.15) is 0 Å². The number of thioether (sulfide) groups is 1. The summed E-state index contributed by atoms with van der Waals surface area (Å²) in [5.41, 5.74) is 5.99. The Morgan fingerprint density at radius 2 is 2.10 bits per heavy atom. The third-order valence-corrected chi connectivity index (χ3v) is 3.88. The Kier molecular flexibility index (Phi) is 5.11. The second-order valence-corrected chi connectivity index (χ2v) is 5.77. The summed E-state index contributed by atoms with van der Waals surface area (Å²) in [6, 6.07) is 8.41. The Balaban J connectivity index is 1.92. The topological polar surface area (TPSA) is 68.0 Å². The first-order chi connectivity index (χ1) is 9.54. The molecule has 0 bridgehead atoms. The van der Waals surface area contributed by atoms with Crippen LogP contribution >= 0.6 is 35.0 Å². The lowest BCUT2D eigenvalue weighted by atomic mass is 10.3. The Bertz CT molecular complexity index is 620. The molecule has 1 aromatic carbocycles. The third-order valence-electron chi connectivity index (χ3n) is 2.33. The van der Waals surface area contributed by atoms with Gasteiger partial charge in [0, 0.05) is 16.1 Å². The van der Waals surface area contributed by atoms with Crippen LogP contribution in [0.4, 0.5) is 11.5 Å². The molecule has 1 heterocycles. The van der Waals surface area contributed by atoms with Crippen molar-refractivity contribution < 1.29 is 4.79 Å². The van der Waals surface area contributed by atoms with Crippen molar-refractivity contribution in [2.24, 2.45) is 0 Å². The standard InChI is InChI=1S/C13H11Cl2N3OS/c14-8-1-3-10(15)11(5-8)18-13(19)7-20-9-2-4-12(16)17-6-9/h1-6H,7H2,(H2,16,17)(H,18,19). The van der Waals surface area contributed by atoms with Crippen molar-refractivity contribution in [3.63, 3.8) is 0 Å². The predicted molar refractivity (Wildman–Crippen MR) is 84.5 cm³/mol. The smallest absolute Gasteiger partial charge is 0.234 e. The van der Waals surface area contributed by atoms with E-state index in [0.717, 1.165) is 4.90 Å². The van der Waals surface area contributed by atoms with Gasteiger partial charge in [0.25, 0.3) is 0 Å².